The van der Waals surface area contributed by atoms with E-state index in [2.05, 4.69) is 80.2 Å². The number of benzene rings is 5. The highest BCUT2D eigenvalue weighted by Crippen LogP contribution is 2.25. The molecule has 0 saturated heterocycles. The van der Waals surface area contributed by atoms with Crippen LogP contribution in [0.5, 0.6) is 0 Å². The number of nitrogens with one attached hydrogen (secondary N) is 1. The summed E-state index contributed by atoms with van der Waals surface area (Å²) in [7, 11) is 3.96. The third-order valence-corrected chi connectivity index (χ3v) is 13.7. The van der Waals surface area contributed by atoms with Gasteiger partial charge in [0.1, 0.15) is 11.4 Å². The molecule has 5 aromatic heterocycles. The van der Waals surface area contributed by atoms with Gasteiger partial charge in [0, 0.05) is 85.6 Å². The van der Waals surface area contributed by atoms with Gasteiger partial charge >= 0.3 is 11.9 Å². The largest absolute Gasteiger partial charge is 0.421 e. The number of H-pyrrole nitrogens is 1. The number of azo groups is 5. The molecule has 10 rings (SSSR count). The molecule has 0 aliphatic heterocycles. The number of rotatable bonds is 24. The fraction of sp³-hybridized carbons (Fsp3) is 0.237. The highest BCUT2D eigenvalue weighted by atomic mass is 35.5. The highest BCUT2D eigenvalue weighted by Gasteiger charge is 2.16. The minimum absolute atomic E-state index is 0.486. The molecule has 0 spiro atoms. The van der Waals surface area contributed by atoms with Crippen LogP contribution in [0.25, 0.3) is 0 Å². The molecule has 1 N–H and O–H groups in total. The Morgan fingerprint density at radius 3 is 0.976 bits per heavy atom. The smallest absolute Gasteiger partial charge is 0.328 e. The van der Waals surface area contributed by atoms with Crippen molar-refractivity contribution in [2.24, 2.45) is 65.2 Å². The molecule has 0 fully saturated rings. The quantitative estimate of drug-likeness (QED) is 0.0356. The van der Waals surface area contributed by atoms with Crippen molar-refractivity contribution in [2.75, 3.05) is 0 Å². The first kappa shape index (κ1) is 61.7. The van der Waals surface area contributed by atoms with E-state index in [1.54, 1.807) is 73.3 Å². The van der Waals surface area contributed by atoms with Crippen molar-refractivity contribution >= 4 is 116 Å². The van der Waals surface area contributed by atoms with Gasteiger partial charge in [0.05, 0.1) is 69.0 Å². The molecule has 0 atom stereocenters. The van der Waals surface area contributed by atoms with E-state index in [4.69, 9.17) is 58.0 Å². The zero-order valence-corrected chi connectivity index (χ0v) is 50.0. The van der Waals surface area contributed by atoms with Gasteiger partial charge < -0.3 is 14.1 Å². The van der Waals surface area contributed by atoms with Crippen molar-refractivity contribution in [2.45, 2.75) is 77.5 Å². The number of aromatic amines is 1. The van der Waals surface area contributed by atoms with Crippen LogP contribution >= 0.6 is 58.0 Å². The second-order valence-electron chi connectivity index (χ2n) is 18.8. The number of hydrogen-bond donors (Lipinski definition) is 1. The molecule has 0 bridgehead atoms. The molecule has 0 aliphatic rings. The summed E-state index contributed by atoms with van der Waals surface area (Å²) in [5.74, 6) is 3.33. The van der Waals surface area contributed by atoms with Gasteiger partial charge in [-0.1, -0.05) is 93.9 Å². The first-order chi connectivity index (χ1) is 41.0. The molecule has 10 aromatic rings. The molecule has 0 saturated carbocycles. The lowest BCUT2D eigenvalue weighted by molar-refractivity contribution is -0.657. The Labute approximate surface area is 511 Å². The van der Waals surface area contributed by atoms with Gasteiger partial charge in [0.25, 0.3) is 0 Å². The van der Waals surface area contributed by atoms with Crippen LogP contribution in [0.15, 0.2) is 234 Å². The predicted molar refractivity (Wildman–Crippen MR) is 329 cm³/mol. The van der Waals surface area contributed by atoms with Crippen molar-refractivity contribution in [1.82, 2.24) is 38.2 Å². The van der Waals surface area contributed by atoms with Crippen molar-refractivity contribution in [3.63, 3.8) is 0 Å². The average molecular weight is 1230 g/mol. The standard InChI is InChI=1S/C26H30Cl2N8.C24H24Cl2N8.C9H7ClN4/c1-33-17-19-35(25(33)31-29-23-11-7-21(27)8-12-23)15-5-3-4-6-16-36-20-18-34(2)26(36)32-30-24-13-9-22(28)10-14-24;25-19-5-9-21(10-6-19)29-31-23-27-13-17-33(23)15-3-1-2-4-16-34-18-14-28-24(34)32-30-22-11-7-20(26)8-12-22;10-7-1-3-8(4-2-7)13-14-9-11-5-6-12-9/h7-14,17-20H,3-6,15-16H2,1-2H3;5-14,17-18H,1-4,15-16H2;1-6H,(H,11,12)/q+2;;. The number of halogens is 5. The Morgan fingerprint density at radius 2 is 0.655 bits per heavy atom. The third kappa shape index (κ3) is 20.5. The Morgan fingerprint density at radius 1 is 0.345 bits per heavy atom. The summed E-state index contributed by atoms with van der Waals surface area (Å²) < 4.78 is 12.3. The topological polar surface area (TPSA) is 206 Å². The number of aryl methyl sites for hydroxylation is 6. The van der Waals surface area contributed by atoms with Gasteiger partial charge in [-0.25, -0.2) is 33.2 Å². The molecule has 0 amide bonds. The van der Waals surface area contributed by atoms with Gasteiger partial charge in [0.2, 0.25) is 17.8 Å². The number of hydrogen-bond acceptors (Lipinski definition) is 13. The molecule has 20 nitrogen and oxygen atoms in total. The molecule has 0 radical (unpaired) electrons. The Kier molecular flexibility index (Phi) is 24.3. The maximum Gasteiger partial charge on any atom is 0.421 e. The second kappa shape index (κ2) is 33.0. The van der Waals surface area contributed by atoms with Crippen LogP contribution in [0, 0.1) is 0 Å². The molecule has 430 valence electrons. The fourth-order valence-corrected chi connectivity index (χ4v) is 8.63. The average Bonchev–Trinajstić information content (AvgIpc) is 4.42. The second-order valence-corrected chi connectivity index (χ2v) is 21.0. The van der Waals surface area contributed by atoms with E-state index in [1.807, 2.05) is 142 Å². The summed E-state index contributed by atoms with van der Waals surface area (Å²) in [6.07, 6.45) is 27.4. The van der Waals surface area contributed by atoms with E-state index < -0.39 is 0 Å². The summed E-state index contributed by atoms with van der Waals surface area (Å²) >= 11 is 29.4. The Hall–Kier alpha value is -8.40. The van der Waals surface area contributed by atoms with Crippen LogP contribution in [-0.4, -0.2) is 38.2 Å². The number of unbranched alkanes of at least 4 members (excludes halogenated alkanes) is 6. The molecule has 25 heteroatoms. The SMILES string of the molecule is C[n+]1ccn(CCCCCCn2cc[n+](C)c2N=Nc2ccc(Cl)cc2)c1N=Nc1ccc(Cl)cc1.Clc1ccc(N=Nc2ncc[nH]2)cc1.Clc1ccc(N=Nc2nccn2CCCCCCn2ccnc2N=Nc2ccc(Cl)cc2)cc1. The zero-order chi connectivity index (χ0) is 58.7. The summed E-state index contributed by atoms with van der Waals surface area (Å²) in [6, 6.07) is 36.2. The molecule has 5 heterocycles. The summed E-state index contributed by atoms with van der Waals surface area (Å²) in [4.78, 5) is 15.3. The van der Waals surface area contributed by atoms with Crippen LogP contribution in [0.1, 0.15) is 51.4 Å². The maximum atomic E-state index is 5.94. The lowest BCUT2D eigenvalue weighted by Gasteiger charge is -2.06. The Balaban J connectivity index is 0.000000179. The van der Waals surface area contributed by atoms with Crippen LogP contribution in [-0.2, 0) is 40.3 Å². The highest BCUT2D eigenvalue weighted by molar-refractivity contribution is 6.31. The predicted octanol–water partition coefficient (Wildman–Crippen LogP) is 19.3. The van der Waals surface area contributed by atoms with E-state index in [-0.39, 0.29) is 0 Å². The first-order valence-electron chi connectivity index (χ1n) is 27.0. The van der Waals surface area contributed by atoms with E-state index in [1.165, 1.54) is 0 Å². The fourth-order valence-electron chi connectivity index (χ4n) is 8.00. The summed E-state index contributed by atoms with van der Waals surface area (Å²) in [6.45, 7) is 3.49. The monoisotopic (exact) mass is 1220 g/mol. The van der Waals surface area contributed by atoms with Gasteiger partial charge in [-0.15, -0.1) is 30.7 Å². The van der Waals surface area contributed by atoms with E-state index in [0.717, 1.165) is 118 Å². The first-order valence-corrected chi connectivity index (χ1v) is 28.9. The number of aromatic nitrogens is 10. The molecule has 0 unspecified atom stereocenters. The Bertz CT molecular complexity index is 3500. The van der Waals surface area contributed by atoms with Crippen molar-refractivity contribution < 1.29 is 9.13 Å². The van der Waals surface area contributed by atoms with Crippen molar-refractivity contribution in [1.29, 1.82) is 0 Å². The van der Waals surface area contributed by atoms with E-state index in [0.29, 0.717) is 43.0 Å². The van der Waals surface area contributed by atoms with Crippen LogP contribution in [0.3, 0.4) is 0 Å². The van der Waals surface area contributed by atoms with Gasteiger partial charge in [-0.05, 0) is 147 Å². The lowest BCUT2D eigenvalue weighted by Crippen LogP contribution is -2.25. The molecule has 84 heavy (non-hydrogen) atoms. The molecule has 5 aromatic carbocycles. The van der Waals surface area contributed by atoms with Crippen LogP contribution in [0.2, 0.25) is 25.1 Å². The zero-order valence-electron chi connectivity index (χ0n) is 46.2. The summed E-state index contributed by atoms with van der Waals surface area (Å²) in [5, 5.41) is 45.9. The number of imidazole rings is 5. The molecule has 0 aliphatic carbocycles. The van der Waals surface area contributed by atoms with Gasteiger partial charge in [-0.3, -0.25) is 0 Å². The molecular weight excluding hydrogens is 1170 g/mol. The van der Waals surface area contributed by atoms with Crippen molar-refractivity contribution in [3.8, 4) is 0 Å². The minimum atomic E-state index is 0.486. The minimum Gasteiger partial charge on any atom is -0.328 e. The van der Waals surface area contributed by atoms with Crippen molar-refractivity contribution in [3.05, 3.63) is 208 Å². The maximum absolute atomic E-state index is 5.94. The summed E-state index contributed by atoms with van der Waals surface area (Å²) in [5.41, 5.74) is 3.78. The van der Waals surface area contributed by atoms with Crippen LogP contribution < -0.4 is 9.13 Å². The number of nitrogens with zero attached hydrogens (tertiary/aromatic N) is 19. The molecular formula is C59H61Cl5N20+2. The van der Waals surface area contributed by atoms with E-state index >= 15 is 0 Å². The van der Waals surface area contributed by atoms with Gasteiger partial charge in [-0.2, -0.15) is 0 Å². The van der Waals surface area contributed by atoms with Crippen LogP contribution in [0.4, 0.5) is 58.2 Å². The van der Waals surface area contributed by atoms with E-state index in [9.17, 15) is 0 Å². The third-order valence-electron chi connectivity index (χ3n) is 12.5. The lowest BCUT2D eigenvalue weighted by atomic mass is 10.2. The normalized spacial score (nSPS) is 11.6. The van der Waals surface area contributed by atoms with Gasteiger partial charge in [0.15, 0.2) is 0 Å².